The third kappa shape index (κ3) is 2.41. The Morgan fingerprint density at radius 2 is 2.33 bits per heavy atom. The van der Waals surface area contributed by atoms with Gasteiger partial charge in [-0.2, -0.15) is 5.10 Å². The number of rotatable bonds is 3. The van der Waals surface area contributed by atoms with E-state index >= 15 is 0 Å². The van der Waals surface area contributed by atoms with E-state index in [1.165, 1.54) is 0 Å². The maximum Gasteiger partial charge on any atom is 0.0574 e. The van der Waals surface area contributed by atoms with Crippen LogP contribution in [0.15, 0.2) is 36.8 Å². The standard InChI is InChI=1S/C11H14N4/c1-15-8-9(7-14-15)6-10(12)11-4-2-3-5-13-11/h2-5,7-8,10H,6,12H2,1H3. The summed E-state index contributed by atoms with van der Waals surface area (Å²) in [7, 11) is 1.90. The topological polar surface area (TPSA) is 56.7 Å². The highest BCUT2D eigenvalue weighted by atomic mass is 15.2. The Morgan fingerprint density at radius 3 is 2.93 bits per heavy atom. The van der Waals surface area contributed by atoms with Gasteiger partial charge in [-0.3, -0.25) is 9.67 Å². The highest BCUT2D eigenvalue weighted by Crippen LogP contribution is 2.12. The van der Waals surface area contributed by atoms with Crippen molar-refractivity contribution >= 4 is 0 Å². The number of hydrogen-bond donors (Lipinski definition) is 1. The molecule has 0 aliphatic rings. The van der Waals surface area contributed by atoms with E-state index in [9.17, 15) is 0 Å². The van der Waals surface area contributed by atoms with Gasteiger partial charge in [0, 0.05) is 19.4 Å². The lowest BCUT2D eigenvalue weighted by molar-refractivity contribution is 0.695. The van der Waals surface area contributed by atoms with Crippen molar-refractivity contribution in [3.05, 3.63) is 48.0 Å². The molecule has 0 spiro atoms. The molecular formula is C11H14N4. The van der Waals surface area contributed by atoms with Crippen LogP contribution < -0.4 is 5.73 Å². The Hall–Kier alpha value is -1.68. The molecule has 0 fully saturated rings. The molecule has 15 heavy (non-hydrogen) atoms. The number of hydrogen-bond acceptors (Lipinski definition) is 3. The Balaban J connectivity index is 2.07. The van der Waals surface area contributed by atoms with Crippen LogP contribution in [0.5, 0.6) is 0 Å². The molecule has 1 atom stereocenters. The Morgan fingerprint density at radius 1 is 1.47 bits per heavy atom. The second-order valence-electron chi connectivity index (χ2n) is 3.59. The van der Waals surface area contributed by atoms with Crippen molar-refractivity contribution in [2.75, 3.05) is 0 Å². The molecule has 4 nitrogen and oxygen atoms in total. The third-order valence-corrected chi connectivity index (χ3v) is 2.28. The maximum atomic E-state index is 6.04. The molecule has 2 heterocycles. The molecule has 4 heteroatoms. The van der Waals surface area contributed by atoms with Crippen LogP contribution in [-0.4, -0.2) is 14.8 Å². The van der Waals surface area contributed by atoms with Crippen molar-refractivity contribution in [3.8, 4) is 0 Å². The highest BCUT2D eigenvalue weighted by Gasteiger charge is 2.08. The van der Waals surface area contributed by atoms with Gasteiger partial charge >= 0.3 is 0 Å². The van der Waals surface area contributed by atoms with E-state index in [1.54, 1.807) is 10.9 Å². The lowest BCUT2D eigenvalue weighted by Gasteiger charge is -2.08. The lowest BCUT2D eigenvalue weighted by atomic mass is 10.1. The maximum absolute atomic E-state index is 6.04. The smallest absolute Gasteiger partial charge is 0.0574 e. The predicted molar refractivity (Wildman–Crippen MR) is 58.1 cm³/mol. The zero-order valence-electron chi connectivity index (χ0n) is 8.67. The number of aromatic nitrogens is 3. The van der Waals surface area contributed by atoms with Gasteiger partial charge < -0.3 is 5.73 Å². The van der Waals surface area contributed by atoms with E-state index in [0.29, 0.717) is 0 Å². The van der Waals surface area contributed by atoms with Crippen molar-refractivity contribution < 1.29 is 0 Å². The number of aryl methyl sites for hydroxylation is 1. The summed E-state index contributed by atoms with van der Waals surface area (Å²) in [5, 5.41) is 4.10. The highest BCUT2D eigenvalue weighted by molar-refractivity contribution is 5.13. The van der Waals surface area contributed by atoms with Crippen LogP contribution in [-0.2, 0) is 13.5 Å². The van der Waals surface area contributed by atoms with Crippen LogP contribution in [0.4, 0.5) is 0 Å². The van der Waals surface area contributed by atoms with Crippen LogP contribution in [0.1, 0.15) is 17.3 Å². The molecule has 0 aliphatic heterocycles. The monoisotopic (exact) mass is 202 g/mol. The minimum absolute atomic E-state index is 0.0598. The summed E-state index contributed by atoms with van der Waals surface area (Å²) in [6.07, 6.45) is 6.34. The fraction of sp³-hybridized carbons (Fsp3) is 0.273. The molecule has 0 amide bonds. The van der Waals surface area contributed by atoms with Crippen LogP contribution >= 0.6 is 0 Å². The van der Waals surface area contributed by atoms with Gasteiger partial charge in [0.25, 0.3) is 0 Å². The van der Waals surface area contributed by atoms with Crippen LogP contribution in [0.25, 0.3) is 0 Å². The predicted octanol–water partition coefficient (Wildman–Crippen LogP) is 1.06. The first-order valence-electron chi connectivity index (χ1n) is 4.90. The van der Waals surface area contributed by atoms with Gasteiger partial charge in [-0.15, -0.1) is 0 Å². The molecule has 78 valence electrons. The van der Waals surface area contributed by atoms with E-state index in [0.717, 1.165) is 17.7 Å². The van der Waals surface area contributed by atoms with Gasteiger partial charge in [-0.25, -0.2) is 0 Å². The Bertz CT molecular complexity index is 421. The Kier molecular flexibility index (Phi) is 2.78. The van der Waals surface area contributed by atoms with Gasteiger partial charge in [-0.1, -0.05) is 6.07 Å². The zero-order chi connectivity index (χ0) is 10.7. The van der Waals surface area contributed by atoms with Gasteiger partial charge in [0.15, 0.2) is 0 Å². The first-order chi connectivity index (χ1) is 7.25. The summed E-state index contributed by atoms with van der Waals surface area (Å²) in [5.74, 6) is 0. The minimum atomic E-state index is -0.0598. The molecule has 2 N–H and O–H groups in total. The molecule has 2 aromatic heterocycles. The molecule has 0 bridgehead atoms. The molecular weight excluding hydrogens is 188 g/mol. The van der Waals surface area contributed by atoms with Gasteiger partial charge in [0.2, 0.25) is 0 Å². The van der Waals surface area contributed by atoms with Gasteiger partial charge in [0.05, 0.1) is 17.9 Å². The summed E-state index contributed by atoms with van der Waals surface area (Å²) in [5.41, 5.74) is 8.09. The average Bonchev–Trinajstić information content (AvgIpc) is 2.65. The zero-order valence-corrected chi connectivity index (χ0v) is 8.67. The lowest BCUT2D eigenvalue weighted by Crippen LogP contribution is -2.14. The van der Waals surface area contributed by atoms with Crippen LogP contribution in [0.2, 0.25) is 0 Å². The summed E-state index contributed by atoms with van der Waals surface area (Å²) >= 11 is 0. The van der Waals surface area contributed by atoms with E-state index in [1.807, 2.05) is 37.6 Å². The molecule has 1 unspecified atom stereocenters. The van der Waals surface area contributed by atoms with Crippen molar-refractivity contribution in [1.82, 2.24) is 14.8 Å². The van der Waals surface area contributed by atoms with Crippen molar-refractivity contribution in [3.63, 3.8) is 0 Å². The van der Waals surface area contributed by atoms with E-state index in [2.05, 4.69) is 10.1 Å². The molecule has 0 aromatic carbocycles. The molecule has 0 saturated carbocycles. The number of nitrogens with two attached hydrogens (primary N) is 1. The summed E-state index contributed by atoms with van der Waals surface area (Å²) in [6.45, 7) is 0. The molecule has 2 rings (SSSR count). The number of pyridine rings is 1. The SMILES string of the molecule is Cn1cc(CC(N)c2ccccn2)cn1. The second-order valence-corrected chi connectivity index (χ2v) is 3.59. The molecule has 2 aromatic rings. The molecule has 0 aliphatic carbocycles. The van der Waals surface area contributed by atoms with E-state index in [-0.39, 0.29) is 6.04 Å². The summed E-state index contributed by atoms with van der Waals surface area (Å²) in [6, 6.07) is 5.72. The van der Waals surface area contributed by atoms with E-state index < -0.39 is 0 Å². The quantitative estimate of drug-likeness (QED) is 0.809. The van der Waals surface area contributed by atoms with Crippen LogP contribution in [0.3, 0.4) is 0 Å². The largest absolute Gasteiger partial charge is 0.322 e. The van der Waals surface area contributed by atoms with Crippen LogP contribution in [0, 0.1) is 0 Å². The molecule has 0 saturated heterocycles. The summed E-state index contributed by atoms with van der Waals surface area (Å²) in [4.78, 5) is 4.23. The van der Waals surface area contributed by atoms with E-state index in [4.69, 9.17) is 5.73 Å². The number of nitrogens with zero attached hydrogens (tertiary/aromatic N) is 3. The fourth-order valence-electron chi connectivity index (χ4n) is 1.53. The van der Waals surface area contributed by atoms with Gasteiger partial charge in [0.1, 0.15) is 0 Å². The normalized spacial score (nSPS) is 12.7. The van der Waals surface area contributed by atoms with Gasteiger partial charge in [-0.05, 0) is 24.1 Å². The first kappa shape index (κ1) is 9.86. The summed E-state index contributed by atoms with van der Waals surface area (Å²) < 4.78 is 1.78. The van der Waals surface area contributed by atoms with Crippen molar-refractivity contribution in [2.24, 2.45) is 12.8 Å². The fourth-order valence-corrected chi connectivity index (χ4v) is 1.53. The molecule has 0 radical (unpaired) electrons. The Labute approximate surface area is 88.8 Å². The minimum Gasteiger partial charge on any atom is -0.322 e. The third-order valence-electron chi connectivity index (χ3n) is 2.28. The second kappa shape index (κ2) is 4.23. The van der Waals surface area contributed by atoms with Crippen molar-refractivity contribution in [2.45, 2.75) is 12.5 Å². The average molecular weight is 202 g/mol. The van der Waals surface area contributed by atoms with Crippen molar-refractivity contribution in [1.29, 1.82) is 0 Å². The first-order valence-corrected chi connectivity index (χ1v) is 4.90.